The van der Waals surface area contributed by atoms with Gasteiger partial charge >= 0.3 is 0 Å². The molecule has 0 radical (unpaired) electrons. The van der Waals surface area contributed by atoms with Crippen molar-refractivity contribution in [2.75, 3.05) is 5.32 Å². The van der Waals surface area contributed by atoms with Crippen LogP contribution in [0, 0.1) is 11.3 Å². The molecule has 0 spiro atoms. The van der Waals surface area contributed by atoms with Gasteiger partial charge in [-0.15, -0.1) is 0 Å². The van der Waals surface area contributed by atoms with E-state index in [-0.39, 0.29) is 0 Å². The van der Waals surface area contributed by atoms with Gasteiger partial charge in [0, 0.05) is 6.20 Å². The third kappa shape index (κ3) is 2.48. The van der Waals surface area contributed by atoms with Crippen LogP contribution in [0.5, 0.6) is 0 Å². The average Bonchev–Trinajstić information content (AvgIpc) is 2.38. The molecule has 0 atom stereocenters. The molecule has 0 saturated heterocycles. The van der Waals surface area contributed by atoms with Crippen LogP contribution in [0.2, 0.25) is 0 Å². The molecule has 0 aliphatic rings. The number of hydrogen-bond acceptors (Lipinski definition) is 6. The highest BCUT2D eigenvalue weighted by molar-refractivity contribution is 5.33. The van der Waals surface area contributed by atoms with Crippen LogP contribution < -0.4 is 5.32 Å². The minimum absolute atomic E-state index is 0.296. The topological polar surface area (TPSA) is 87.4 Å². The molecule has 6 nitrogen and oxygen atoms in total. The van der Waals surface area contributed by atoms with Crippen molar-refractivity contribution in [3.63, 3.8) is 0 Å². The molecule has 0 unspecified atom stereocenters. The summed E-state index contributed by atoms with van der Waals surface area (Å²) in [6.45, 7) is 0.522. The molecule has 0 saturated carbocycles. The first-order valence-corrected chi connectivity index (χ1v) is 4.61. The predicted molar refractivity (Wildman–Crippen MR) is 56.1 cm³/mol. The third-order valence-corrected chi connectivity index (χ3v) is 1.84. The van der Waals surface area contributed by atoms with Crippen molar-refractivity contribution in [2.45, 2.75) is 6.54 Å². The predicted octanol–water partition coefficient (Wildman–Crippen LogP) is 0.750. The standard InChI is InChI=1S/C10H8N6/c11-4-9-6-14-10(7-12-9)13-5-8-2-1-3-15-16-8/h1-3,6-7H,5H2,(H,13,14). The van der Waals surface area contributed by atoms with Crippen LogP contribution in [0.25, 0.3) is 0 Å². The van der Waals surface area contributed by atoms with E-state index in [4.69, 9.17) is 5.26 Å². The van der Waals surface area contributed by atoms with Gasteiger partial charge in [-0.05, 0) is 12.1 Å². The second-order valence-electron chi connectivity index (χ2n) is 2.97. The van der Waals surface area contributed by atoms with Crippen LogP contribution in [-0.4, -0.2) is 20.2 Å². The summed E-state index contributed by atoms with van der Waals surface area (Å²) in [6, 6.07) is 5.58. The van der Waals surface area contributed by atoms with E-state index in [1.807, 2.05) is 18.2 Å². The van der Waals surface area contributed by atoms with Gasteiger partial charge in [0.2, 0.25) is 0 Å². The van der Waals surface area contributed by atoms with Crippen LogP contribution in [0.3, 0.4) is 0 Å². The summed E-state index contributed by atoms with van der Waals surface area (Å²) in [7, 11) is 0. The van der Waals surface area contributed by atoms with E-state index in [1.54, 1.807) is 6.20 Å². The van der Waals surface area contributed by atoms with Crippen molar-refractivity contribution in [3.05, 3.63) is 42.1 Å². The lowest BCUT2D eigenvalue weighted by atomic mass is 10.4. The maximum atomic E-state index is 8.55. The molecular weight excluding hydrogens is 204 g/mol. The van der Waals surface area contributed by atoms with Crippen molar-refractivity contribution in [1.82, 2.24) is 20.2 Å². The van der Waals surface area contributed by atoms with E-state index in [0.29, 0.717) is 18.1 Å². The van der Waals surface area contributed by atoms with Crippen molar-refractivity contribution in [1.29, 1.82) is 5.26 Å². The monoisotopic (exact) mass is 212 g/mol. The van der Waals surface area contributed by atoms with Crippen molar-refractivity contribution in [2.24, 2.45) is 0 Å². The highest BCUT2D eigenvalue weighted by atomic mass is 15.1. The summed E-state index contributed by atoms with van der Waals surface area (Å²) in [6.07, 6.45) is 4.54. The fourth-order valence-corrected chi connectivity index (χ4v) is 1.09. The number of hydrogen-bond donors (Lipinski definition) is 1. The van der Waals surface area contributed by atoms with Crippen LogP contribution >= 0.6 is 0 Å². The second kappa shape index (κ2) is 4.79. The summed E-state index contributed by atoms with van der Waals surface area (Å²) >= 11 is 0. The smallest absolute Gasteiger partial charge is 0.158 e. The van der Waals surface area contributed by atoms with Gasteiger partial charge in [-0.25, -0.2) is 9.97 Å². The summed E-state index contributed by atoms with van der Waals surface area (Å²) < 4.78 is 0. The fraction of sp³-hybridized carbons (Fsp3) is 0.100. The molecule has 78 valence electrons. The largest absolute Gasteiger partial charge is 0.363 e. The Morgan fingerprint density at radius 1 is 1.31 bits per heavy atom. The molecule has 2 aromatic heterocycles. The molecule has 0 amide bonds. The van der Waals surface area contributed by atoms with Crippen LogP contribution in [0.4, 0.5) is 5.82 Å². The van der Waals surface area contributed by atoms with Crippen molar-refractivity contribution in [3.8, 4) is 6.07 Å². The normalized spacial score (nSPS) is 9.44. The number of rotatable bonds is 3. The van der Waals surface area contributed by atoms with E-state index < -0.39 is 0 Å². The molecule has 0 fully saturated rings. The molecule has 2 aromatic rings. The molecule has 0 aliphatic carbocycles. The van der Waals surface area contributed by atoms with E-state index in [9.17, 15) is 0 Å². The highest BCUT2D eigenvalue weighted by Crippen LogP contribution is 2.02. The molecular formula is C10H8N6. The first-order valence-electron chi connectivity index (χ1n) is 4.61. The van der Waals surface area contributed by atoms with Crippen molar-refractivity contribution >= 4 is 5.82 Å². The first-order chi connectivity index (χ1) is 7.88. The van der Waals surface area contributed by atoms with Gasteiger partial charge in [-0.2, -0.15) is 15.5 Å². The Balaban J connectivity index is 1.98. The number of nitriles is 1. The minimum Gasteiger partial charge on any atom is -0.363 e. The highest BCUT2D eigenvalue weighted by Gasteiger charge is 1.97. The van der Waals surface area contributed by atoms with E-state index in [0.717, 1.165) is 5.69 Å². The summed E-state index contributed by atoms with van der Waals surface area (Å²) in [4.78, 5) is 7.91. The summed E-state index contributed by atoms with van der Waals surface area (Å²) in [5.74, 6) is 0.602. The average molecular weight is 212 g/mol. The van der Waals surface area contributed by atoms with E-state index in [1.165, 1.54) is 12.4 Å². The van der Waals surface area contributed by atoms with E-state index in [2.05, 4.69) is 25.5 Å². The van der Waals surface area contributed by atoms with Crippen LogP contribution in [0.15, 0.2) is 30.7 Å². The van der Waals surface area contributed by atoms with Gasteiger partial charge in [0.25, 0.3) is 0 Å². The maximum Gasteiger partial charge on any atom is 0.158 e. The lowest BCUT2D eigenvalue weighted by Crippen LogP contribution is -2.04. The zero-order valence-electron chi connectivity index (χ0n) is 8.33. The molecule has 6 heteroatoms. The van der Waals surface area contributed by atoms with Gasteiger partial charge in [0.05, 0.1) is 24.6 Å². The van der Waals surface area contributed by atoms with Gasteiger partial charge in [-0.3, -0.25) is 0 Å². The van der Waals surface area contributed by atoms with Gasteiger partial charge < -0.3 is 5.32 Å². The third-order valence-electron chi connectivity index (χ3n) is 1.84. The molecule has 0 aliphatic heterocycles. The second-order valence-corrected chi connectivity index (χ2v) is 2.97. The molecule has 1 N–H and O–H groups in total. The maximum absolute atomic E-state index is 8.55. The lowest BCUT2D eigenvalue weighted by Gasteiger charge is -2.02. The molecule has 2 heterocycles. The Morgan fingerprint density at radius 2 is 2.25 bits per heavy atom. The van der Waals surface area contributed by atoms with Gasteiger partial charge in [-0.1, -0.05) is 0 Å². The van der Waals surface area contributed by atoms with E-state index >= 15 is 0 Å². The summed E-state index contributed by atoms with van der Waals surface area (Å²) in [5.41, 5.74) is 1.11. The fourth-order valence-electron chi connectivity index (χ4n) is 1.09. The number of nitrogens with zero attached hydrogens (tertiary/aromatic N) is 5. The lowest BCUT2D eigenvalue weighted by molar-refractivity contribution is 0.918. The summed E-state index contributed by atoms with van der Waals surface area (Å²) in [5, 5.41) is 19.2. The number of aromatic nitrogens is 4. The number of anilines is 1. The Labute approximate surface area is 92.0 Å². The molecule has 16 heavy (non-hydrogen) atoms. The minimum atomic E-state index is 0.296. The Bertz CT molecular complexity index is 487. The van der Waals surface area contributed by atoms with Crippen LogP contribution in [-0.2, 0) is 6.54 Å². The zero-order chi connectivity index (χ0) is 11.2. The Morgan fingerprint density at radius 3 is 2.88 bits per heavy atom. The van der Waals surface area contributed by atoms with Gasteiger partial charge in [0.15, 0.2) is 5.69 Å². The quantitative estimate of drug-likeness (QED) is 0.807. The Hall–Kier alpha value is -2.55. The van der Waals surface area contributed by atoms with Crippen molar-refractivity contribution < 1.29 is 0 Å². The number of nitrogens with one attached hydrogen (secondary N) is 1. The molecule has 0 bridgehead atoms. The van der Waals surface area contributed by atoms with Gasteiger partial charge in [0.1, 0.15) is 11.9 Å². The first kappa shape index (κ1) is 9.98. The molecule has 2 rings (SSSR count). The Kier molecular flexibility index (Phi) is 2.99. The zero-order valence-corrected chi connectivity index (χ0v) is 8.33. The SMILES string of the molecule is N#Cc1cnc(NCc2cccnn2)cn1. The molecule has 0 aromatic carbocycles. The van der Waals surface area contributed by atoms with Crippen LogP contribution in [0.1, 0.15) is 11.4 Å².